The molecule has 3 N–H and O–H groups in total. The molecular formula is C36H44N6O6. The Morgan fingerprint density at radius 1 is 1.23 bits per heavy atom. The van der Waals surface area contributed by atoms with Gasteiger partial charge in [0.15, 0.2) is 0 Å². The number of carbonyl (C=O) groups excluding carboxylic acids is 1. The van der Waals surface area contributed by atoms with E-state index in [0.29, 0.717) is 30.8 Å². The third-order valence-electron chi connectivity index (χ3n) is 8.60. The summed E-state index contributed by atoms with van der Waals surface area (Å²) in [5.41, 5.74) is 4.34. The third-order valence-corrected chi connectivity index (χ3v) is 8.60. The molecule has 0 bridgehead atoms. The van der Waals surface area contributed by atoms with Crippen molar-refractivity contribution in [3.8, 4) is 5.75 Å². The normalized spacial score (nSPS) is 20.5. The number of aliphatic hydroxyl groups excluding tert-OH is 1. The van der Waals surface area contributed by atoms with Gasteiger partial charge in [0.1, 0.15) is 17.7 Å². The summed E-state index contributed by atoms with van der Waals surface area (Å²) in [7, 11) is 1.61. The van der Waals surface area contributed by atoms with Crippen LogP contribution in [0.4, 0.5) is 17.1 Å². The van der Waals surface area contributed by atoms with Gasteiger partial charge >= 0.3 is 5.69 Å². The molecule has 12 heteroatoms. The van der Waals surface area contributed by atoms with Crippen LogP contribution in [0, 0.1) is 6.92 Å². The fourth-order valence-corrected chi connectivity index (χ4v) is 6.03. The van der Waals surface area contributed by atoms with Gasteiger partial charge in [0, 0.05) is 50.8 Å². The second-order valence-corrected chi connectivity index (χ2v) is 12.7. The molecule has 0 spiro atoms. The molecule has 2 aliphatic heterocycles. The number of carbonyl (C=O) groups is 1. The number of amides is 1. The van der Waals surface area contributed by atoms with Crippen LogP contribution >= 0.6 is 0 Å². The summed E-state index contributed by atoms with van der Waals surface area (Å²) < 4.78 is 20.0. The number of ether oxygens (including phenoxy) is 2. The maximum Gasteiger partial charge on any atom is 0.330 e. The number of fused-ring (bicyclic) bond motifs is 1. The van der Waals surface area contributed by atoms with Crippen molar-refractivity contribution in [2.24, 2.45) is 10.2 Å². The molecule has 48 heavy (non-hydrogen) atoms. The van der Waals surface area contributed by atoms with Crippen LogP contribution in [-0.4, -0.2) is 58.5 Å². The number of aromatic amines is 1. The molecule has 1 aromatic heterocycles. The number of hydrogen-bond donors (Lipinski definition) is 3. The molecule has 3 atom stereocenters. The van der Waals surface area contributed by atoms with Crippen LogP contribution in [0.25, 0.3) is 11.6 Å². The van der Waals surface area contributed by atoms with Gasteiger partial charge in [-0.3, -0.25) is 19.1 Å². The summed E-state index contributed by atoms with van der Waals surface area (Å²) >= 11 is 0. The molecule has 0 aliphatic carbocycles. The number of nitrogens with one attached hydrogen (secondary N) is 2. The van der Waals surface area contributed by atoms with Gasteiger partial charge in [-0.15, -0.1) is 5.11 Å². The van der Waals surface area contributed by atoms with Gasteiger partial charge in [-0.25, -0.2) is 4.79 Å². The van der Waals surface area contributed by atoms with Crippen LogP contribution in [0.15, 0.2) is 74.6 Å². The molecule has 5 rings (SSSR count). The number of aliphatic hydroxyl groups is 1. The van der Waals surface area contributed by atoms with Crippen molar-refractivity contribution >= 4 is 34.6 Å². The van der Waals surface area contributed by atoms with Crippen molar-refractivity contribution in [3.05, 3.63) is 92.3 Å². The molecule has 3 heterocycles. The zero-order chi connectivity index (χ0) is 35.3. The highest BCUT2D eigenvalue weighted by Crippen LogP contribution is 2.45. The molecule has 2 aromatic carbocycles. The third kappa shape index (κ3) is 7.83. The molecule has 3 aromatic rings. The molecular weight excluding hydrogens is 612 g/mol. The van der Waals surface area contributed by atoms with E-state index >= 15 is 0 Å². The van der Waals surface area contributed by atoms with Crippen LogP contribution in [0.3, 0.4) is 0 Å². The lowest BCUT2D eigenvalue weighted by Crippen LogP contribution is -2.45. The summed E-state index contributed by atoms with van der Waals surface area (Å²) in [6.07, 6.45) is 5.41. The van der Waals surface area contributed by atoms with Crippen molar-refractivity contribution in [1.29, 1.82) is 0 Å². The van der Waals surface area contributed by atoms with Crippen LogP contribution in [0.5, 0.6) is 5.75 Å². The first kappa shape index (κ1) is 33.1. The zero-order valence-corrected chi connectivity index (χ0v) is 28.0. The number of hydrogen-bond acceptors (Lipinski definition) is 9. The first-order chi connectivity index (χ1) is 23.4. The maximum atomic E-state index is 12.8. The lowest BCUT2D eigenvalue weighted by atomic mass is 9.88. The largest absolute Gasteiger partial charge is 0.494 e. The summed E-state index contributed by atoms with van der Waals surface area (Å²) in [6.45, 7) is 9.06. The van der Waals surface area contributed by atoms with Gasteiger partial charge in [0.05, 0.1) is 36.1 Å². The van der Waals surface area contributed by atoms with Crippen molar-refractivity contribution < 1.29 is 20.7 Å². The van der Waals surface area contributed by atoms with Gasteiger partial charge in [-0.2, -0.15) is 5.11 Å². The van der Waals surface area contributed by atoms with E-state index in [2.05, 4.69) is 52.3 Å². The fourth-order valence-electron chi connectivity index (χ4n) is 6.03. The fraction of sp³-hybridized carbons (Fsp3) is 0.417. The Morgan fingerprint density at radius 2 is 2.00 bits per heavy atom. The van der Waals surface area contributed by atoms with E-state index in [0.717, 1.165) is 28.1 Å². The van der Waals surface area contributed by atoms with Crippen molar-refractivity contribution in [1.82, 2.24) is 14.9 Å². The van der Waals surface area contributed by atoms with E-state index in [1.54, 1.807) is 13.2 Å². The summed E-state index contributed by atoms with van der Waals surface area (Å²) in [4.78, 5) is 42.0. The average Bonchev–Trinajstić information content (AvgIpc) is 3.44. The standard InChI is InChI=1S/C36H44N6O6/c1-22-11-13-26(14-12-22)39-40-28-17-27-23(2)20-36(4,5)42(29(27)18-31(28)47-6)16-8-10-32(44)37-15-7-9-25-21-41(35(46)38-34(25)45)33-19-30(43)24(3)48-33/h7,9,11-14,17-18,20-21,24,30,33,43H,8,10,15-16,19H2,1-6H3,(H,37,44)(H,38,45,46)/b9-7+,40-39+/t24-,30-,33-/m1/s1/i3D. The number of azo groups is 1. The number of aromatic nitrogens is 2. The highest BCUT2D eigenvalue weighted by Gasteiger charge is 2.33. The Kier molecular flexibility index (Phi) is 10.0. The molecule has 2 aliphatic rings. The summed E-state index contributed by atoms with van der Waals surface area (Å²) in [5, 5.41) is 21.8. The molecule has 0 saturated carbocycles. The van der Waals surface area contributed by atoms with Gasteiger partial charge < -0.3 is 24.8 Å². The number of anilines is 1. The van der Waals surface area contributed by atoms with Crippen LogP contribution in [0.2, 0.25) is 0 Å². The molecule has 1 amide bonds. The number of H-pyrrole nitrogens is 1. The van der Waals surface area contributed by atoms with Crippen molar-refractivity contribution in [2.75, 3.05) is 25.1 Å². The number of benzene rings is 2. The lowest BCUT2D eigenvalue weighted by molar-refractivity contribution is -0.120. The molecule has 1 saturated heterocycles. The van der Waals surface area contributed by atoms with E-state index < -0.39 is 29.7 Å². The summed E-state index contributed by atoms with van der Waals surface area (Å²) in [5.74, 6) is 0.471. The molecule has 12 nitrogen and oxygen atoms in total. The Labute approximate surface area is 281 Å². The number of rotatable bonds is 11. The van der Waals surface area contributed by atoms with Crippen molar-refractivity contribution in [2.45, 2.75) is 77.8 Å². The van der Waals surface area contributed by atoms with Gasteiger partial charge in [0.2, 0.25) is 5.91 Å². The number of allylic oxidation sites excluding steroid dienone is 1. The molecule has 254 valence electrons. The van der Waals surface area contributed by atoms with E-state index in [1.165, 1.54) is 16.8 Å². The van der Waals surface area contributed by atoms with Gasteiger partial charge in [0.25, 0.3) is 5.56 Å². The minimum atomic E-state index is -0.866. The predicted molar refractivity (Wildman–Crippen MR) is 186 cm³/mol. The molecule has 0 radical (unpaired) electrons. The SMILES string of the molecule is [2H]C[C@H]1O[C@@H](n2cc(/C=C/CNC(=O)CCCN3c4cc(OC)c(/N=N/c5ccc(C)cc5)cc4C(C)=CC3(C)C)c(=O)[nH]c2=O)C[C@H]1O. The zero-order valence-electron chi connectivity index (χ0n) is 29.0. The molecule has 0 unspecified atom stereocenters. The Hall–Kier alpha value is -4.81. The second kappa shape index (κ2) is 14.5. The monoisotopic (exact) mass is 657 g/mol. The smallest absolute Gasteiger partial charge is 0.330 e. The van der Waals surface area contributed by atoms with E-state index in [4.69, 9.17) is 10.8 Å². The highest BCUT2D eigenvalue weighted by molar-refractivity contribution is 5.85. The number of nitrogens with zero attached hydrogens (tertiary/aromatic N) is 4. The quantitative estimate of drug-likeness (QED) is 0.229. The number of aryl methyl sites for hydroxylation is 1. The van der Waals surface area contributed by atoms with E-state index in [9.17, 15) is 19.5 Å². The van der Waals surface area contributed by atoms with Crippen LogP contribution in [0.1, 0.15) is 71.2 Å². The second-order valence-electron chi connectivity index (χ2n) is 12.7. The van der Waals surface area contributed by atoms with E-state index in [-0.39, 0.29) is 36.9 Å². The first-order valence-electron chi connectivity index (χ1n) is 16.7. The van der Waals surface area contributed by atoms with Gasteiger partial charge in [-0.05, 0) is 64.8 Å². The Balaban J connectivity index is 1.20. The summed E-state index contributed by atoms with van der Waals surface area (Å²) in [6, 6.07) is 11.8. The molecule has 1 fully saturated rings. The van der Waals surface area contributed by atoms with Crippen LogP contribution in [-0.2, 0) is 9.53 Å². The average molecular weight is 658 g/mol. The van der Waals surface area contributed by atoms with E-state index in [1.807, 2.05) is 43.3 Å². The number of methoxy groups -OCH3 is 1. The predicted octanol–water partition coefficient (Wildman–Crippen LogP) is 5.55. The Morgan fingerprint density at radius 3 is 2.71 bits per heavy atom. The minimum absolute atomic E-state index is 0.135. The maximum absolute atomic E-state index is 12.8. The Bertz CT molecular complexity index is 1880. The highest BCUT2D eigenvalue weighted by atomic mass is 16.5. The van der Waals surface area contributed by atoms with Crippen molar-refractivity contribution in [3.63, 3.8) is 0 Å². The first-order valence-corrected chi connectivity index (χ1v) is 16.0. The van der Waals surface area contributed by atoms with Gasteiger partial charge in [-0.1, -0.05) is 35.9 Å². The lowest BCUT2D eigenvalue weighted by Gasteiger charge is -2.43. The van der Waals surface area contributed by atoms with Crippen LogP contribution < -0.4 is 26.2 Å². The topological polar surface area (TPSA) is 151 Å². The minimum Gasteiger partial charge on any atom is -0.494 e.